The largest absolute Gasteiger partial charge is 0.462 e. The molecule has 2 unspecified atom stereocenters. The summed E-state index contributed by atoms with van der Waals surface area (Å²) in [6, 6.07) is 8.68. The maximum absolute atomic E-state index is 10.8. The number of rotatable bonds is 2. The monoisotopic (exact) mass is 232 g/mol. The maximum atomic E-state index is 10.8. The van der Waals surface area contributed by atoms with Crippen molar-refractivity contribution in [3.63, 3.8) is 0 Å². The van der Waals surface area contributed by atoms with Crippen LogP contribution in [-0.2, 0) is 14.9 Å². The third-order valence-electron chi connectivity index (χ3n) is 3.25. The van der Waals surface area contributed by atoms with Crippen LogP contribution in [0.2, 0.25) is 0 Å². The maximum Gasteiger partial charge on any atom is 0.302 e. The predicted octanol–water partition coefficient (Wildman–Crippen LogP) is 3.40. The van der Waals surface area contributed by atoms with Gasteiger partial charge in [-0.1, -0.05) is 45.0 Å². The summed E-state index contributed by atoms with van der Waals surface area (Å²) < 4.78 is 5.19. The lowest BCUT2D eigenvalue weighted by atomic mass is 9.86. The Kier molecular flexibility index (Phi) is 2.98. The topological polar surface area (TPSA) is 26.3 Å². The van der Waals surface area contributed by atoms with Gasteiger partial charge in [-0.3, -0.25) is 4.79 Å². The highest BCUT2D eigenvalue weighted by molar-refractivity contribution is 5.66. The van der Waals surface area contributed by atoms with Gasteiger partial charge in [-0.05, 0) is 23.0 Å². The number of esters is 1. The molecule has 1 aliphatic carbocycles. The van der Waals surface area contributed by atoms with E-state index in [1.54, 1.807) is 0 Å². The van der Waals surface area contributed by atoms with Crippen molar-refractivity contribution in [3.8, 4) is 0 Å². The fourth-order valence-electron chi connectivity index (χ4n) is 2.10. The van der Waals surface area contributed by atoms with Gasteiger partial charge in [-0.25, -0.2) is 0 Å². The van der Waals surface area contributed by atoms with E-state index in [9.17, 15) is 4.79 Å². The van der Waals surface area contributed by atoms with Crippen molar-refractivity contribution in [2.75, 3.05) is 0 Å². The standard InChI is InChI=1S/C15H20O2/c1-10(16)17-14-9-13(14)11-5-7-12(8-6-11)15(2,3)4/h5-8,13-14H,9H2,1-4H3. The Hall–Kier alpha value is -1.31. The van der Waals surface area contributed by atoms with Crippen LogP contribution in [0.3, 0.4) is 0 Å². The third-order valence-corrected chi connectivity index (χ3v) is 3.25. The average molecular weight is 232 g/mol. The van der Waals surface area contributed by atoms with Crippen LogP contribution in [-0.4, -0.2) is 12.1 Å². The Balaban J connectivity index is 2.03. The molecule has 0 N–H and O–H groups in total. The normalized spacial score (nSPS) is 23.3. The molecule has 92 valence electrons. The molecule has 17 heavy (non-hydrogen) atoms. The van der Waals surface area contributed by atoms with E-state index in [-0.39, 0.29) is 17.5 Å². The first kappa shape index (κ1) is 12.2. The molecule has 0 bridgehead atoms. The molecule has 0 heterocycles. The molecule has 1 aromatic rings. The Labute approximate surface area is 103 Å². The van der Waals surface area contributed by atoms with Crippen molar-refractivity contribution in [1.82, 2.24) is 0 Å². The van der Waals surface area contributed by atoms with Crippen molar-refractivity contribution < 1.29 is 9.53 Å². The van der Waals surface area contributed by atoms with Crippen LogP contribution in [0.15, 0.2) is 24.3 Å². The highest BCUT2D eigenvalue weighted by Crippen LogP contribution is 2.43. The first-order valence-electron chi connectivity index (χ1n) is 6.15. The fraction of sp³-hybridized carbons (Fsp3) is 0.533. The minimum Gasteiger partial charge on any atom is -0.462 e. The molecule has 0 saturated heterocycles. The van der Waals surface area contributed by atoms with E-state index in [0.717, 1.165) is 6.42 Å². The van der Waals surface area contributed by atoms with E-state index < -0.39 is 0 Å². The minimum absolute atomic E-state index is 0.105. The van der Waals surface area contributed by atoms with Gasteiger partial charge in [0.2, 0.25) is 0 Å². The summed E-state index contributed by atoms with van der Waals surface area (Å²) in [6.07, 6.45) is 1.07. The summed E-state index contributed by atoms with van der Waals surface area (Å²) in [5, 5.41) is 0. The van der Waals surface area contributed by atoms with Gasteiger partial charge in [0.1, 0.15) is 6.10 Å². The van der Waals surface area contributed by atoms with Gasteiger partial charge in [0, 0.05) is 12.8 Å². The Bertz CT molecular complexity index is 412. The van der Waals surface area contributed by atoms with Crippen LogP contribution in [0.25, 0.3) is 0 Å². The molecule has 0 spiro atoms. The van der Waals surface area contributed by atoms with Gasteiger partial charge in [-0.15, -0.1) is 0 Å². The van der Waals surface area contributed by atoms with E-state index in [2.05, 4.69) is 45.0 Å². The van der Waals surface area contributed by atoms with Crippen LogP contribution >= 0.6 is 0 Å². The molecule has 2 nitrogen and oxygen atoms in total. The van der Waals surface area contributed by atoms with Gasteiger partial charge in [-0.2, -0.15) is 0 Å². The third kappa shape index (κ3) is 2.87. The van der Waals surface area contributed by atoms with Crippen LogP contribution in [0.5, 0.6) is 0 Å². The highest BCUT2D eigenvalue weighted by Gasteiger charge is 2.41. The molecular formula is C15H20O2. The summed E-state index contributed by atoms with van der Waals surface area (Å²) >= 11 is 0. The quantitative estimate of drug-likeness (QED) is 0.730. The summed E-state index contributed by atoms with van der Waals surface area (Å²) in [5.74, 6) is 0.233. The lowest BCUT2D eigenvalue weighted by Crippen LogP contribution is -2.10. The van der Waals surface area contributed by atoms with Crippen LogP contribution in [0.4, 0.5) is 0 Å². The van der Waals surface area contributed by atoms with E-state index in [1.165, 1.54) is 18.1 Å². The van der Waals surface area contributed by atoms with E-state index in [1.807, 2.05) is 0 Å². The molecule has 2 rings (SSSR count). The highest BCUT2D eigenvalue weighted by atomic mass is 16.5. The van der Waals surface area contributed by atoms with Crippen LogP contribution in [0.1, 0.15) is 51.2 Å². The Morgan fingerprint density at radius 2 is 1.82 bits per heavy atom. The number of carbonyl (C=O) groups is 1. The molecule has 1 saturated carbocycles. The zero-order chi connectivity index (χ0) is 12.6. The second-order valence-electron chi connectivity index (χ2n) is 5.86. The molecular weight excluding hydrogens is 212 g/mol. The SMILES string of the molecule is CC(=O)OC1CC1c1ccc(C(C)(C)C)cc1. The zero-order valence-corrected chi connectivity index (χ0v) is 11.0. The number of carbonyl (C=O) groups excluding carboxylic acids is 1. The Morgan fingerprint density at radius 3 is 2.29 bits per heavy atom. The second kappa shape index (κ2) is 4.17. The smallest absolute Gasteiger partial charge is 0.302 e. The van der Waals surface area contributed by atoms with Gasteiger partial charge in [0.05, 0.1) is 0 Å². The fourth-order valence-corrected chi connectivity index (χ4v) is 2.10. The van der Waals surface area contributed by atoms with E-state index in [0.29, 0.717) is 5.92 Å². The minimum atomic E-state index is -0.177. The van der Waals surface area contributed by atoms with E-state index in [4.69, 9.17) is 4.74 Å². The lowest BCUT2D eigenvalue weighted by molar-refractivity contribution is -0.142. The number of ether oxygens (including phenoxy) is 1. The summed E-state index contributed by atoms with van der Waals surface area (Å²) in [4.78, 5) is 10.8. The molecule has 2 heteroatoms. The second-order valence-corrected chi connectivity index (χ2v) is 5.86. The molecule has 0 aromatic heterocycles. The first-order chi connectivity index (χ1) is 7.88. The first-order valence-corrected chi connectivity index (χ1v) is 6.15. The number of hydrogen-bond donors (Lipinski definition) is 0. The lowest BCUT2D eigenvalue weighted by Gasteiger charge is -2.19. The van der Waals surface area contributed by atoms with E-state index >= 15 is 0 Å². The molecule has 0 aliphatic heterocycles. The zero-order valence-electron chi connectivity index (χ0n) is 11.0. The molecule has 1 aliphatic rings. The summed E-state index contributed by atoms with van der Waals surface area (Å²) in [7, 11) is 0. The van der Waals surface area contributed by atoms with Gasteiger partial charge in [0.25, 0.3) is 0 Å². The van der Waals surface area contributed by atoms with Crippen LogP contribution in [0, 0.1) is 0 Å². The van der Waals surface area contributed by atoms with Crippen molar-refractivity contribution >= 4 is 5.97 Å². The molecule has 0 radical (unpaired) electrons. The Morgan fingerprint density at radius 1 is 1.24 bits per heavy atom. The predicted molar refractivity (Wildman–Crippen MR) is 68.1 cm³/mol. The van der Waals surface area contributed by atoms with Gasteiger partial charge in [0.15, 0.2) is 0 Å². The van der Waals surface area contributed by atoms with Crippen molar-refractivity contribution in [1.29, 1.82) is 0 Å². The van der Waals surface area contributed by atoms with Crippen molar-refractivity contribution in [3.05, 3.63) is 35.4 Å². The molecule has 2 atom stereocenters. The van der Waals surface area contributed by atoms with Gasteiger partial charge < -0.3 is 4.74 Å². The number of hydrogen-bond acceptors (Lipinski definition) is 2. The van der Waals surface area contributed by atoms with Crippen LogP contribution < -0.4 is 0 Å². The average Bonchev–Trinajstić information content (AvgIpc) is 2.95. The number of benzene rings is 1. The summed E-state index contributed by atoms with van der Waals surface area (Å²) in [6.45, 7) is 8.10. The van der Waals surface area contributed by atoms with Crippen molar-refractivity contribution in [2.24, 2.45) is 0 Å². The summed E-state index contributed by atoms with van der Waals surface area (Å²) in [5.41, 5.74) is 2.81. The molecule has 1 fully saturated rings. The molecule has 1 aromatic carbocycles. The van der Waals surface area contributed by atoms with Crippen molar-refractivity contribution in [2.45, 2.75) is 51.6 Å². The van der Waals surface area contributed by atoms with Gasteiger partial charge >= 0.3 is 5.97 Å². The molecule has 0 amide bonds.